The van der Waals surface area contributed by atoms with E-state index in [4.69, 9.17) is 16.2 Å². The number of nitrogens with two attached hydrogens (primary N) is 2. The van der Waals surface area contributed by atoms with Crippen molar-refractivity contribution in [3.63, 3.8) is 0 Å². The zero-order chi connectivity index (χ0) is 11.6. The van der Waals surface area contributed by atoms with Gasteiger partial charge in [-0.2, -0.15) is 0 Å². The summed E-state index contributed by atoms with van der Waals surface area (Å²) < 4.78 is 5.60. The third kappa shape index (κ3) is 1.76. The monoisotopic (exact) mass is 222 g/mol. The molecule has 0 amide bonds. The van der Waals surface area contributed by atoms with E-state index in [0.717, 1.165) is 31.2 Å². The standard InChI is InChI=1S/C11H18N4O/c1-16-11(4-2-3-5-11)10-14-7-8(6-12)9(13)15-10/h7H,2-6,12H2,1H3,(H2,13,14,15). The Labute approximate surface area is 95.2 Å². The Bertz CT molecular complexity index is 374. The summed E-state index contributed by atoms with van der Waals surface area (Å²) in [5.41, 5.74) is 11.8. The summed E-state index contributed by atoms with van der Waals surface area (Å²) in [6.45, 7) is 0.367. The Kier molecular flexibility index (Phi) is 3.07. The molecule has 88 valence electrons. The van der Waals surface area contributed by atoms with Crippen LogP contribution < -0.4 is 11.5 Å². The Hall–Kier alpha value is -1.20. The first kappa shape index (κ1) is 11.3. The van der Waals surface area contributed by atoms with Crippen LogP contribution in [0.15, 0.2) is 6.20 Å². The second-order valence-corrected chi connectivity index (χ2v) is 4.21. The van der Waals surface area contributed by atoms with E-state index in [9.17, 15) is 0 Å². The predicted molar refractivity (Wildman–Crippen MR) is 61.5 cm³/mol. The van der Waals surface area contributed by atoms with E-state index in [0.29, 0.717) is 18.2 Å². The fourth-order valence-electron chi connectivity index (χ4n) is 2.26. The summed E-state index contributed by atoms with van der Waals surface area (Å²) in [4.78, 5) is 8.67. The van der Waals surface area contributed by atoms with Crippen LogP contribution in [0.2, 0.25) is 0 Å². The molecule has 0 aromatic carbocycles. The number of nitrogen functional groups attached to an aromatic ring is 1. The number of anilines is 1. The van der Waals surface area contributed by atoms with Crippen LogP contribution in [0.5, 0.6) is 0 Å². The number of aromatic nitrogens is 2. The second kappa shape index (κ2) is 4.35. The normalized spacial score (nSPS) is 18.9. The van der Waals surface area contributed by atoms with Crippen molar-refractivity contribution in [1.82, 2.24) is 9.97 Å². The Morgan fingerprint density at radius 1 is 1.44 bits per heavy atom. The third-order valence-corrected chi connectivity index (χ3v) is 3.33. The highest BCUT2D eigenvalue weighted by atomic mass is 16.5. The molecular weight excluding hydrogens is 204 g/mol. The lowest BCUT2D eigenvalue weighted by Gasteiger charge is -2.25. The molecule has 0 saturated heterocycles. The SMILES string of the molecule is COC1(c2ncc(CN)c(N)n2)CCCC1. The maximum atomic E-state index is 5.83. The highest BCUT2D eigenvalue weighted by Crippen LogP contribution is 2.40. The van der Waals surface area contributed by atoms with Gasteiger partial charge in [0, 0.05) is 25.4 Å². The van der Waals surface area contributed by atoms with Gasteiger partial charge in [0.25, 0.3) is 0 Å². The van der Waals surface area contributed by atoms with E-state index in [-0.39, 0.29) is 5.60 Å². The van der Waals surface area contributed by atoms with Gasteiger partial charge in [-0.25, -0.2) is 9.97 Å². The maximum Gasteiger partial charge on any atom is 0.162 e. The number of nitrogens with zero attached hydrogens (tertiary/aromatic N) is 2. The van der Waals surface area contributed by atoms with E-state index in [1.54, 1.807) is 13.3 Å². The summed E-state index contributed by atoms with van der Waals surface area (Å²) in [6.07, 6.45) is 5.93. The summed E-state index contributed by atoms with van der Waals surface area (Å²) in [5.74, 6) is 1.16. The van der Waals surface area contributed by atoms with Gasteiger partial charge in [-0.1, -0.05) is 0 Å². The summed E-state index contributed by atoms with van der Waals surface area (Å²) in [6, 6.07) is 0. The van der Waals surface area contributed by atoms with Crippen molar-refractivity contribution < 1.29 is 4.74 Å². The lowest BCUT2D eigenvalue weighted by Crippen LogP contribution is -2.28. The minimum Gasteiger partial charge on any atom is -0.383 e. The average Bonchev–Trinajstić information content (AvgIpc) is 2.78. The molecule has 4 N–H and O–H groups in total. The topological polar surface area (TPSA) is 87.0 Å². The minimum absolute atomic E-state index is 0.332. The van der Waals surface area contributed by atoms with Gasteiger partial charge in [0.1, 0.15) is 11.4 Å². The van der Waals surface area contributed by atoms with Crippen LogP contribution in [0.3, 0.4) is 0 Å². The quantitative estimate of drug-likeness (QED) is 0.794. The van der Waals surface area contributed by atoms with Crippen molar-refractivity contribution in [1.29, 1.82) is 0 Å². The third-order valence-electron chi connectivity index (χ3n) is 3.33. The number of rotatable bonds is 3. The van der Waals surface area contributed by atoms with Gasteiger partial charge in [-0.05, 0) is 25.7 Å². The average molecular weight is 222 g/mol. The van der Waals surface area contributed by atoms with Gasteiger partial charge in [0.05, 0.1) is 0 Å². The van der Waals surface area contributed by atoms with Crippen LogP contribution in [-0.2, 0) is 16.9 Å². The van der Waals surface area contributed by atoms with Crippen LogP contribution >= 0.6 is 0 Å². The molecular formula is C11H18N4O. The number of methoxy groups -OCH3 is 1. The van der Waals surface area contributed by atoms with Crippen molar-refractivity contribution in [2.45, 2.75) is 37.8 Å². The summed E-state index contributed by atoms with van der Waals surface area (Å²) >= 11 is 0. The smallest absolute Gasteiger partial charge is 0.162 e. The predicted octanol–water partition coefficient (Wildman–Crippen LogP) is 0.933. The highest BCUT2D eigenvalue weighted by Gasteiger charge is 2.38. The molecule has 1 aromatic rings. The highest BCUT2D eigenvalue weighted by molar-refractivity contribution is 5.38. The van der Waals surface area contributed by atoms with Crippen LogP contribution in [-0.4, -0.2) is 17.1 Å². The van der Waals surface area contributed by atoms with Crippen LogP contribution in [0.4, 0.5) is 5.82 Å². The van der Waals surface area contributed by atoms with E-state index in [2.05, 4.69) is 9.97 Å². The number of ether oxygens (including phenoxy) is 1. The molecule has 5 nitrogen and oxygen atoms in total. The molecule has 1 aliphatic rings. The van der Waals surface area contributed by atoms with E-state index < -0.39 is 0 Å². The van der Waals surface area contributed by atoms with Gasteiger partial charge in [-0.3, -0.25) is 0 Å². The molecule has 0 spiro atoms. The first-order valence-corrected chi connectivity index (χ1v) is 5.59. The van der Waals surface area contributed by atoms with Crippen molar-refractivity contribution in [2.75, 3.05) is 12.8 Å². The van der Waals surface area contributed by atoms with E-state index in [1.807, 2.05) is 0 Å². The van der Waals surface area contributed by atoms with Crippen molar-refractivity contribution >= 4 is 5.82 Å². The molecule has 1 aliphatic carbocycles. The molecule has 5 heteroatoms. The van der Waals surface area contributed by atoms with Crippen LogP contribution in [0.25, 0.3) is 0 Å². The molecule has 0 unspecified atom stereocenters. The zero-order valence-electron chi connectivity index (χ0n) is 9.57. The fourth-order valence-corrected chi connectivity index (χ4v) is 2.26. The van der Waals surface area contributed by atoms with Crippen LogP contribution in [0.1, 0.15) is 37.1 Å². The van der Waals surface area contributed by atoms with E-state index >= 15 is 0 Å². The first-order valence-electron chi connectivity index (χ1n) is 5.59. The van der Waals surface area contributed by atoms with Gasteiger partial charge in [-0.15, -0.1) is 0 Å². The molecule has 16 heavy (non-hydrogen) atoms. The van der Waals surface area contributed by atoms with Crippen molar-refractivity contribution in [3.8, 4) is 0 Å². The summed E-state index contributed by atoms with van der Waals surface area (Å²) in [5, 5.41) is 0. The zero-order valence-corrected chi connectivity index (χ0v) is 9.57. The Morgan fingerprint density at radius 3 is 2.62 bits per heavy atom. The Balaban J connectivity index is 2.36. The molecule has 0 radical (unpaired) electrons. The first-order chi connectivity index (χ1) is 7.72. The van der Waals surface area contributed by atoms with Crippen molar-refractivity contribution in [2.24, 2.45) is 5.73 Å². The van der Waals surface area contributed by atoms with E-state index in [1.165, 1.54) is 0 Å². The van der Waals surface area contributed by atoms with Gasteiger partial charge in [0.2, 0.25) is 0 Å². The largest absolute Gasteiger partial charge is 0.383 e. The second-order valence-electron chi connectivity index (χ2n) is 4.21. The number of hydrogen-bond acceptors (Lipinski definition) is 5. The summed E-state index contributed by atoms with van der Waals surface area (Å²) in [7, 11) is 1.71. The van der Waals surface area contributed by atoms with Crippen molar-refractivity contribution in [3.05, 3.63) is 17.6 Å². The lowest BCUT2D eigenvalue weighted by atomic mass is 10.0. The Morgan fingerprint density at radius 2 is 2.12 bits per heavy atom. The van der Waals surface area contributed by atoms with Crippen LogP contribution in [0, 0.1) is 0 Å². The number of hydrogen-bond donors (Lipinski definition) is 2. The van der Waals surface area contributed by atoms with Gasteiger partial charge >= 0.3 is 0 Å². The molecule has 1 saturated carbocycles. The molecule has 1 aromatic heterocycles. The minimum atomic E-state index is -0.332. The molecule has 1 fully saturated rings. The molecule has 1 heterocycles. The fraction of sp³-hybridized carbons (Fsp3) is 0.636. The molecule has 0 atom stereocenters. The molecule has 0 bridgehead atoms. The maximum absolute atomic E-state index is 5.83. The van der Waals surface area contributed by atoms with Gasteiger partial charge < -0.3 is 16.2 Å². The molecule has 2 rings (SSSR count). The molecule has 0 aliphatic heterocycles. The lowest BCUT2D eigenvalue weighted by molar-refractivity contribution is -0.0162. The van der Waals surface area contributed by atoms with Gasteiger partial charge in [0.15, 0.2) is 5.82 Å².